The molecule has 0 N–H and O–H groups in total. The third kappa shape index (κ3) is 7.03. The SMILES string of the molecule is [2H]c1c([2H])c(N(c2ccc(-c3cc(-c4ccccc4)cc(-c4ccccc4)c3)cc2)c2cccc(-c3cccc4ccccc34)c2)c([2H])c([2H])c1-c1ccc2c(ccc3ccccc32)c1. The predicted octanol–water partition coefficient (Wildman–Crippen LogP) is 17.0. The Hall–Kier alpha value is -8.00. The van der Waals surface area contributed by atoms with Gasteiger partial charge in [-0.15, -0.1) is 0 Å². The minimum absolute atomic E-state index is 0.0980. The Bertz CT molecular complexity index is 3490. The molecule has 0 bridgehead atoms. The van der Waals surface area contributed by atoms with E-state index in [1.165, 1.54) is 0 Å². The average Bonchev–Trinajstić information content (AvgIpc) is 3.37. The van der Waals surface area contributed by atoms with Gasteiger partial charge in [0.2, 0.25) is 0 Å². The van der Waals surface area contributed by atoms with Crippen LogP contribution in [-0.2, 0) is 0 Å². The fourth-order valence-corrected chi connectivity index (χ4v) is 8.62. The Labute approximate surface area is 362 Å². The van der Waals surface area contributed by atoms with E-state index in [0.717, 1.165) is 76.8 Å². The summed E-state index contributed by atoms with van der Waals surface area (Å²) in [7, 11) is 0. The molecule has 0 heterocycles. The van der Waals surface area contributed by atoms with Crippen molar-refractivity contribution in [2.45, 2.75) is 0 Å². The van der Waals surface area contributed by atoms with Crippen molar-refractivity contribution in [3.8, 4) is 55.6 Å². The first kappa shape index (κ1) is 31.9. The molecule has 0 saturated carbocycles. The van der Waals surface area contributed by atoms with Crippen molar-refractivity contribution in [2.75, 3.05) is 4.90 Å². The molecule has 11 aromatic carbocycles. The zero-order chi connectivity index (χ0) is 44.0. The van der Waals surface area contributed by atoms with E-state index in [2.05, 4.69) is 146 Å². The molecule has 61 heavy (non-hydrogen) atoms. The summed E-state index contributed by atoms with van der Waals surface area (Å²) in [6.45, 7) is 0. The van der Waals surface area contributed by atoms with Crippen molar-refractivity contribution in [3.63, 3.8) is 0 Å². The fraction of sp³-hybridized carbons (Fsp3) is 0. The van der Waals surface area contributed by atoms with Crippen LogP contribution in [0, 0.1) is 0 Å². The molecule has 0 radical (unpaired) electrons. The maximum Gasteiger partial charge on any atom is 0.0645 e. The summed E-state index contributed by atoms with van der Waals surface area (Å²) >= 11 is 0. The van der Waals surface area contributed by atoms with Gasteiger partial charge in [0.05, 0.1) is 5.48 Å². The molecule has 286 valence electrons. The van der Waals surface area contributed by atoms with Gasteiger partial charge in [-0.2, -0.15) is 0 Å². The van der Waals surface area contributed by atoms with Crippen LogP contribution in [-0.4, -0.2) is 0 Å². The Morgan fingerprint density at radius 2 is 0.754 bits per heavy atom. The lowest BCUT2D eigenvalue weighted by molar-refractivity contribution is 1.28. The number of nitrogens with zero attached hydrogens (tertiary/aromatic N) is 1. The monoisotopic (exact) mass is 779 g/mol. The van der Waals surface area contributed by atoms with E-state index in [-0.39, 0.29) is 35.4 Å². The van der Waals surface area contributed by atoms with Gasteiger partial charge in [0.1, 0.15) is 0 Å². The standard InChI is InChI=1S/C60H41N/c1-3-13-42(14-4-1)51-38-52(43-15-5-2-6-16-43)40-53(39-51)45-29-34-55(35-30-45)61(56-21-11-20-49(41-56)59-24-12-19-46-17-7-9-22-57(46)59)54-32-27-44(28-33-54)48-31-36-60-50(37-48)26-25-47-18-8-10-23-58(47)60/h1-41H/i27D,28D,32D,33D. The first-order valence-corrected chi connectivity index (χ1v) is 20.7. The molecular formula is C60H41N. The van der Waals surface area contributed by atoms with Crippen molar-refractivity contribution < 1.29 is 5.48 Å². The molecule has 0 amide bonds. The van der Waals surface area contributed by atoms with Crippen molar-refractivity contribution in [1.29, 1.82) is 0 Å². The number of hydrogen-bond donors (Lipinski definition) is 0. The van der Waals surface area contributed by atoms with Crippen molar-refractivity contribution in [1.82, 2.24) is 0 Å². The van der Waals surface area contributed by atoms with E-state index < -0.39 is 0 Å². The number of benzene rings is 11. The zero-order valence-electron chi connectivity index (χ0n) is 37.3. The molecule has 0 aliphatic heterocycles. The highest BCUT2D eigenvalue weighted by Crippen LogP contribution is 2.41. The molecule has 0 aliphatic carbocycles. The van der Waals surface area contributed by atoms with Gasteiger partial charge in [-0.3, -0.25) is 0 Å². The summed E-state index contributed by atoms with van der Waals surface area (Å²) in [5.74, 6) is 0. The Kier molecular flexibility index (Phi) is 8.18. The normalized spacial score (nSPS) is 12.2. The lowest BCUT2D eigenvalue weighted by atomic mass is 9.93. The Balaban J connectivity index is 1.07. The van der Waals surface area contributed by atoms with E-state index in [1.807, 2.05) is 83.8 Å². The van der Waals surface area contributed by atoms with E-state index in [4.69, 9.17) is 0 Å². The van der Waals surface area contributed by atoms with Gasteiger partial charge in [-0.1, -0.05) is 188 Å². The zero-order valence-corrected chi connectivity index (χ0v) is 33.3. The summed E-state index contributed by atoms with van der Waals surface area (Å²) in [5.41, 5.74) is 11.1. The topological polar surface area (TPSA) is 3.24 Å². The second-order valence-corrected chi connectivity index (χ2v) is 15.4. The Morgan fingerprint density at radius 1 is 0.246 bits per heavy atom. The molecule has 11 aromatic rings. The number of hydrogen-bond acceptors (Lipinski definition) is 1. The number of fused-ring (bicyclic) bond motifs is 4. The smallest absolute Gasteiger partial charge is 0.0645 e. The highest BCUT2D eigenvalue weighted by Gasteiger charge is 2.16. The Morgan fingerprint density at radius 3 is 1.44 bits per heavy atom. The molecule has 0 unspecified atom stereocenters. The highest BCUT2D eigenvalue weighted by atomic mass is 15.1. The largest absolute Gasteiger partial charge is 0.310 e. The second-order valence-electron chi connectivity index (χ2n) is 15.4. The van der Waals surface area contributed by atoms with Gasteiger partial charge in [0.25, 0.3) is 0 Å². The maximum absolute atomic E-state index is 9.70. The molecule has 0 spiro atoms. The van der Waals surface area contributed by atoms with E-state index in [1.54, 1.807) is 0 Å². The highest BCUT2D eigenvalue weighted by molar-refractivity contribution is 6.08. The third-order valence-electron chi connectivity index (χ3n) is 11.7. The number of rotatable bonds is 8. The van der Waals surface area contributed by atoms with Gasteiger partial charge in [-0.25, -0.2) is 0 Å². The van der Waals surface area contributed by atoms with E-state index in [0.29, 0.717) is 16.9 Å². The van der Waals surface area contributed by atoms with Crippen LogP contribution in [0.25, 0.3) is 88.0 Å². The van der Waals surface area contributed by atoms with Crippen LogP contribution in [0.2, 0.25) is 0 Å². The van der Waals surface area contributed by atoms with Crippen LogP contribution >= 0.6 is 0 Å². The van der Waals surface area contributed by atoms with Crippen LogP contribution in [0.4, 0.5) is 17.1 Å². The molecule has 1 nitrogen and oxygen atoms in total. The summed E-state index contributed by atoms with van der Waals surface area (Å²) in [6, 6.07) is 76.3. The quantitative estimate of drug-likeness (QED) is 0.139. The van der Waals surface area contributed by atoms with Crippen LogP contribution in [0.5, 0.6) is 0 Å². The molecular weight excluding hydrogens is 735 g/mol. The van der Waals surface area contributed by atoms with Crippen LogP contribution in [0.15, 0.2) is 249 Å². The predicted molar refractivity (Wildman–Crippen MR) is 261 cm³/mol. The van der Waals surface area contributed by atoms with Gasteiger partial charge in [0.15, 0.2) is 0 Å². The third-order valence-corrected chi connectivity index (χ3v) is 11.7. The van der Waals surface area contributed by atoms with Gasteiger partial charge in [0, 0.05) is 17.1 Å². The summed E-state index contributed by atoms with van der Waals surface area (Å²) < 4.78 is 38.5. The van der Waals surface area contributed by atoms with Crippen LogP contribution < -0.4 is 4.90 Å². The average molecular weight is 780 g/mol. The second kappa shape index (κ2) is 15.6. The van der Waals surface area contributed by atoms with Crippen molar-refractivity contribution in [2.24, 2.45) is 0 Å². The molecule has 0 saturated heterocycles. The first-order valence-electron chi connectivity index (χ1n) is 22.7. The summed E-state index contributed by atoms with van der Waals surface area (Å²) in [6.07, 6.45) is 0. The van der Waals surface area contributed by atoms with Gasteiger partial charge >= 0.3 is 0 Å². The first-order chi connectivity index (χ1) is 31.9. The molecule has 0 atom stereocenters. The minimum atomic E-state index is -0.123. The molecule has 1 heteroatoms. The van der Waals surface area contributed by atoms with Gasteiger partial charge < -0.3 is 4.90 Å². The van der Waals surface area contributed by atoms with E-state index in [9.17, 15) is 5.48 Å². The van der Waals surface area contributed by atoms with Crippen LogP contribution in [0.1, 0.15) is 5.48 Å². The fourth-order valence-electron chi connectivity index (χ4n) is 8.62. The molecule has 0 fully saturated rings. The lowest BCUT2D eigenvalue weighted by Crippen LogP contribution is -2.10. The minimum Gasteiger partial charge on any atom is -0.310 e. The van der Waals surface area contributed by atoms with Gasteiger partial charge in [-0.05, 0) is 149 Å². The van der Waals surface area contributed by atoms with E-state index >= 15 is 0 Å². The molecule has 0 aliphatic rings. The molecule has 0 aromatic heterocycles. The van der Waals surface area contributed by atoms with Crippen molar-refractivity contribution >= 4 is 49.4 Å². The molecule has 11 rings (SSSR count). The summed E-state index contributed by atoms with van der Waals surface area (Å²) in [5, 5.41) is 6.55. The number of anilines is 3. The van der Waals surface area contributed by atoms with Crippen molar-refractivity contribution in [3.05, 3.63) is 249 Å². The summed E-state index contributed by atoms with van der Waals surface area (Å²) in [4.78, 5) is 1.88. The lowest BCUT2D eigenvalue weighted by Gasteiger charge is -2.26. The maximum atomic E-state index is 9.70. The van der Waals surface area contributed by atoms with Crippen LogP contribution in [0.3, 0.4) is 0 Å².